The first-order valence-electron chi connectivity index (χ1n) is 8.16. The zero-order valence-electron chi connectivity index (χ0n) is 12.7. The molecule has 2 aliphatic heterocycles. The van der Waals surface area contributed by atoms with Crippen LogP contribution in [-0.2, 0) is 6.42 Å². The summed E-state index contributed by atoms with van der Waals surface area (Å²) in [7, 11) is 0. The lowest BCUT2D eigenvalue weighted by atomic mass is 9.99. The maximum absolute atomic E-state index is 6.16. The van der Waals surface area contributed by atoms with E-state index in [2.05, 4.69) is 52.3 Å². The van der Waals surface area contributed by atoms with E-state index < -0.39 is 0 Å². The number of benzene rings is 2. The van der Waals surface area contributed by atoms with Crippen molar-refractivity contribution in [1.29, 1.82) is 0 Å². The standard InChI is InChI=1S/C19H21ClN2/c20-16-8-9-19-15(13-16)5-4-11-22(19)18-10-12-21(14-18)17-6-2-1-3-7-17/h1-3,6-9,13,18H,4-5,10-12,14H2/t18-/m0/s1. The molecule has 0 radical (unpaired) electrons. The highest BCUT2D eigenvalue weighted by atomic mass is 35.5. The van der Waals surface area contributed by atoms with Crippen LogP contribution >= 0.6 is 11.6 Å². The number of anilines is 2. The number of nitrogens with zero attached hydrogens (tertiary/aromatic N) is 2. The van der Waals surface area contributed by atoms with Gasteiger partial charge >= 0.3 is 0 Å². The molecular weight excluding hydrogens is 292 g/mol. The second kappa shape index (κ2) is 5.85. The van der Waals surface area contributed by atoms with Gasteiger partial charge in [0.05, 0.1) is 0 Å². The Bertz CT molecular complexity index is 656. The zero-order chi connectivity index (χ0) is 14.9. The van der Waals surface area contributed by atoms with Crippen LogP contribution in [0.3, 0.4) is 0 Å². The average Bonchev–Trinajstić information content (AvgIpc) is 3.04. The van der Waals surface area contributed by atoms with Gasteiger partial charge in [0.15, 0.2) is 0 Å². The molecule has 0 N–H and O–H groups in total. The number of rotatable bonds is 2. The quantitative estimate of drug-likeness (QED) is 0.812. The fourth-order valence-corrected chi connectivity index (χ4v) is 4.04. The van der Waals surface area contributed by atoms with Crippen LogP contribution in [-0.4, -0.2) is 25.7 Å². The van der Waals surface area contributed by atoms with Crippen molar-refractivity contribution in [2.45, 2.75) is 25.3 Å². The minimum Gasteiger partial charge on any atom is -0.369 e. The molecule has 2 aromatic rings. The molecule has 4 rings (SSSR count). The fraction of sp³-hybridized carbons (Fsp3) is 0.368. The topological polar surface area (TPSA) is 6.48 Å². The Balaban J connectivity index is 1.55. The summed E-state index contributed by atoms with van der Waals surface area (Å²) in [4.78, 5) is 5.12. The molecule has 1 saturated heterocycles. The smallest absolute Gasteiger partial charge is 0.0482 e. The number of hydrogen-bond acceptors (Lipinski definition) is 2. The highest BCUT2D eigenvalue weighted by molar-refractivity contribution is 6.30. The Morgan fingerprint density at radius 3 is 2.73 bits per heavy atom. The Morgan fingerprint density at radius 2 is 1.86 bits per heavy atom. The zero-order valence-corrected chi connectivity index (χ0v) is 13.5. The van der Waals surface area contributed by atoms with Crippen LogP contribution in [0.2, 0.25) is 5.02 Å². The predicted octanol–water partition coefficient (Wildman–Crippen LogP) is 4.37. The third-order valence-corrected chi connectivity index (χ3v) is 5.16. The molecule has 0 aliphatic carbocycles. The number of aryl methyl sites for hydroxylation is 1. The third-order valence-electron chi connectivity index (χ3n) is 4.92. The van der Waals surface area contributed by atoms with Crippen LogP contribution in [0.15, 0.2) is 48.5 Å². The van der Waals surface area contributed by atoms with Crippen molar-refractivity contribution < 1.29 is 0 Å². The molecule has 0 saturated carbocycles. The normalized spacial score (nSPS) is 21.0. The SMILES string of the molecule is Clc1ccc2c(c1)CCCN2[C@H]1CCN(c2ccccc2)C1. The lowest BCUT2D eigenvalue weighted by Crippen LogP contribution is -2.40. The van der Waals surface area contributed by atoms with Crippen LogP contribution < -0.4 is 9.80 Å². The number of hydrogen-bond donors (Lipinski definition) is 0. The first-order chi connectivity index (χ1) is 10.8. The number of fused-ring (bicyclic) bond motifs is 1. The Hall–Kier alpha value is -1.67. The lowest BCUT2D eigenvalue weighted by Gasteiger charge is -2.36. The van der Waals surface area contributed by atoms with Crippen LogP contribution in [0.5, 0.6) is 0 Å². The summed E-state index contributed by atoms with van der Waals surface area (Å²) < 4.78 is 0. The van der Waals surface area contributed by atoms with Gasteiger partial charge in [0, 0.05) is 42.1 Å². The van der Waals surface area contributed by atoms with E-state index in [9.17, 15) is 0 Å². The fourth-order valence-electron chi connectivity index (χ4n) is 3.84. The molecule has 1 fully saturated rings. The van der Waals surface area contributed by atoms with E-state index in [0.29, 0.717) is 6.04 Å². The second-order valence-electron chi connectivity index (χ2n) is 6.29. The van der Waals surface area contributed by atoms with Crippen molar-refractivity contribution in [1.82, 2.24) is 0 Å². The van der Waals surface area contributed by atoms with Crippen molar-refractivity contribution in [3.8, 4) is 0 Å². The van der Waals surface area contributed by atoms with Crippen LogP contribution in [0, 0.1) is 0 Å². The van der Waals surface area contributed by atoms with Crippen molar-refractivity contribution >= 4 is 23.0 Å². The largest absolute Gasteiger partial charge is 0.369 e. The number of para-hydroxylation sites is 1. The van der Waals surface area contributed by atoms with Gasteiger partial charge in [-0.25, -0.2) is 0 Å². The van der Waals surface area contributed by atoms with E-state index in [1.54, 1.807) is 0 Å². The summed E-state index contributed by atoms with van der Waals surface area (Å²) in [6.07, 6.45) is 3.62. The van der Waals surface area contributed by atoms with Gasteiger partial charge < -0.3 is 9.80 Å². The van der Waals surface area contributed by atoms with Crippen molar-refractivity contribution in [2.75, 3.05) is 29.4 Å². The molecule has 0 unspecified atom stereocenters. The van der Waals surface area contributed by atoms with E-state index in [-0.39, 0.29) is 0 Å². The molecule has 0 spiro atoms. The molecule has 0 bridgehead atoms. The molecule has 2 aromatic carbocycles. The molecule has 0 amide bonds. The van der Waals surface area contributed by atoms with Gasteiger partial charge in [-0.15, -0.1) is 0 Å². The van der Waals surface area contributed by atoms with Gasteiger partial charge in [0.1, 0.15) is 0 Å². The van der Waals surface area contributed by atoms with Crippen molar-refractivity contribution in [3.05, 3.63) is 59.1 Å². The molecule has 2 nitrogen and oxygen atoms in total. The minimum absolute atomic E-state index is 0.612. The monoisotopic (exact) mass is 312 g/mol. The summed E-state index contributed by atoms with van der Waals surface area (Å²) in [5, 5.41) is 0.859. The maximum atomic E-state index is 6.16. The predicted molar refractivity (Wildman–Crippen MR) is 94.2 cm³/mol. The van der Waals surface area contributed by atoms with E-state index in [0.717, 1.165) is 24.5 Å². The first-order valence-corrected chi connectivity index (χ1v) is 8.54. The van der Waals surface area contributed by atoms with E-state index >= 15 is 0 Å². The van der Waals surface area contributed by atoms with Gasteiger partial charge in [-0.2, -0.15) is 0 Å². The van der Waals surface area contributed by atoms with Gasteiger partial charge in [-0.1, -0.05) is 29.8 Å². The molecule has 3 heteroatoms. The van der Waals surface area contributed by atoms with Gasteiger partial charge in [-0.3, -0.25) is 0 Å². The molecule has 0 aromatic heterocycles. The molecule has 1 atom stereocenters. The summed E-state index contributed by atoms with van der Waals surface area (Å²) in [6.45, 7) is 3.43. The number of halogens is 1. The minimum atomic E-state index is 0.612. The Kier molecular flexibility index (Phi) is 3.71. The van der Waals surface area contributed by atoms with Gasteiger partial charge in [0.2, 0.25) is 0 Å². The van der Waals surface area contributed by atoms with Crippen LogP contribution in [0.1, 0.15) is 18.4 Å². The second-order valence-corrected chi connectivity index (χ2v) is 6.73. The van der Waals surface area contributed by atoms with E-state index in [4.69, 9.17) is 11.6 Å². The molecule has 2 aliphatic rings. The third kappa shape index (κ3) is 2.56. The highest BCUT2D eigenvalue weighted by Crippen LogP contribution is 2.34. The summed E-state index contributed by atoms with van der Waals surface area (Å²) in [5.41, 5.74) is 4.16. The molecular formula is C19H21ClN2. The Morgan fingerprint density at radius 1 is 1.00 bits per heavy atom. The van der Waals surface area contributed by atoms with Crippen molar-refractivity contribution in [2.24, 2.45) is 0 Å². The van der Waals surface area contributed by atoms with Crippen molar-refractivity contribution in [3.63, 3.8) is 0 Å². The maximum Gasteiger partial charge on any atom is 0.0482 e. The van der Waals surface area contributed by atoms with E-state index in [1.807, 2.05) is 6.07 Å². The molecule has 22 heavy (non-hydrogen) atoms. The van der Waals surface area contributed by atoms with E-state index in [1.165, 1.54) is 36.3 Å². The van der Waals surface area contributed by atoms with Gasteiger partial charge in [0.25, 0.3) is 0 Å². The summed E-state index contributed by atoms with van der Waals surface area (Å²) in [5.74, 6) is 0. The van der Waals surface area contributed by atoms with Crippen LogP contribution in [0.4, 0.5) is 11.4 Å². The average molecular weight is 313 g/mol. The lowest BCUT2D eigenvalue weighted by molar-refractivity contribution is 0.595. The Labute approximate surface area is 137 Å². The summed E-state index contributed by atoms with van der Waals surface area (Å²) >= 11 is 6.16. The van der Waals surface area contributed by atoms with Gasteiger partial charge in [-0.05, 0) is 55.2 Å². The summed E-state index contributed by atoms with van der Waals surface area (Å²) in [6, 6.07) is 17.8. The molecule has 2 heterocycles. The molecule has 114 valence electrons. The van der Waals surface area contributed by atoms with Crippen LogP contribution in [0.25, 0.3) is 0 Å². The highest BCUT2D eigenvalue weighted by Gasteiger charge is 2.30. The first kappa shape index (κ1) is 14.0.